The molecule has 9 heteroatoms. The van der Waals surface area contributed by atoms with Gasteiger partial charge in [-0.05, 0) is 37.1 Å². The minimum atomic E-state index is -4.70. The molecule has 1 aromatic carbocycles. The summed E-state index contributed by atoms with van der Waals surface area (Å²) in [5.41, 5.74) is -0.104. The predicted octanol–water partition coefficient (Wildman–Crippen LogP) is 3.02. The maximum absolute atomic E-state index is 12.5. The molecule has 1 aliphatic carbocycles. The van der Waals surface area contributed by atoms with E-state index in [4.69, 9.17) is 5.26 Å². The van der Waals surface area contributed by atoms with E-state index in [1.54, 1.807) is 19.2 Å². The SMILES string of the molecule is CN(C(=O)C1(C#N)CC1)c1ccc(-c2noc(C(F)(F)F)n2)cc1. The molecule has 0 unspecified atom stereocenters. The van der Waals surface area contributed by atoms with Gasteiger partial charge in [0.1, 0.15) is 5.41 Å². The monoisotopic (exact) mass is 336 g/mol. The maximum Gasteiger partial charge on any atom is 0.471 e. The lowest BCUT2D eigenvalue weighted by molar-refractivity contribution is -0.159. The second kappa shape index (κ2) is 5.33. The molecule has 0 bridgehead atoms. The molecule has 24 heavy (non-hydrogen) atoms. The van der Waals surface area contributed by atoms with Crippen LogP contribution in [-0.2, 0) is 11.0 Å². The van der Waals surface area contributed by atoms with Crippen LogP contribution in [0.3, 0.4) is 0 Å². The number of alkyl halides is 3. The van der Waals surface area contributed by atoms with Crippen molar-refractivity contribution in [3.8, 4) is 17.5 Å². The Morgan fingerprint density at radius 3 is 2.42 bits per heavy atom. The molecule has 0 saturated heterocycles. The van der Waals surface area contributed by atoms with Crippen LogP contribution >= 0.6 is 0 Å². The summed E-state index contributed by atoms with van der Waals surface area (Å²) in [6.45, 7) is 0. The molecule has 1 fully saturated rings. The van der Waals surface area contributed by atoms with Crippen molar-refractivity contribution in [1.29, 1.82) is 5.26 Å². The second-order valence-electron chi connectivity index (χ2n) is 5.53. The van der Waals surface area contributed by atoms with Crippen LogP contribution in [-0.4, -0.2) is 23.1 Å². The van der Waals surface area contributed by atoms with E-state index in [2.05, 4.69) is 14.7 Å². The minimum Gasteiger partial charge on any atom is -0.329 e. The van der Waals surface area contributed by atoms with Gasteiger partial charge in [-0.15, -0.1) is 0 Å². The number of hydrogen-bond donors (Lipinski definition) is 0. The number of benzene rings is 1. The number of nitrogens with zero attached hydrogens (tertiary/aromatic N) is 4. The van der Waals surface area contributed by atoms with Crippen molar-refractivity contribution in [1.82, 2.24) is 10.1 Å². The highest BCUT2D eigenvalue weighted by Crippen LogP contribution is 2.46. The number of aromatic nitrogens is 2. The molecule has 0 spiro atoms. The van der Waals surface area contributed by atoms with Crippen molar-refractivity contribution in [2.24, 2.45) is 5.41 Å². The van der Waals surface area contributed by atoms with Crippen LogP contribution in [0.25, 0.3) is 11.4 Å². The zero-order valence-electron chi connectivity index (χ0n) is 12.5. The Bertz CT molecular complexity index is 816. The van der Waals surface area contributed by atoms with Crippen molar-refractivity contribution in [3.05, 3.63) is 30.2 Å². The molecule has 1 aliphatic rings. The van der Waals surface area contributed by atoms with Gasteiger partial charge < -0.3 is 9.42 Å². The fourth-order valence-corrected chi connectivity index (χ4v) is 2.23. The molecular formula is C15H11F3N4O2. The zero-order chi connectivity index (χ0) is 17.5. The van der Waals surface area contributed by atoms with Gasteiger partial charge in [0.25, 0.3) is 0 Å². The van der Waals surface area contributed by atoms with Crippen LogP contribution in [0.5, 0.6) is 0 Å². The average Bonchev–Trinajstić information content (AvgIpc) is 3.20. The highest BCUT2D eigenvalue weighted by atomic mass is 19.4. The summed E-state index contributed by atoms with van der Waals surface area (Å²) < 4.78 is 41.6. The van der Waals surface area contributed by atoms with Gasteiger partial charge >= 0.3 is 12.1 Å². The van der Waals surface area contributed by atoms with Crippen LogP contribution in [0.15, 0.2) is 28.8 Å². The van der Waals surface area contributed by atoms with Crippen molar-refractivity contribution in [2.75, 3.05) is 11.9 Å². The Morgan fingerprint density at radius 1 is 1.33 bits per heavy atom. The van der Waals surface area contributed by atoms with Gasteiger partial charge in [-0.3, -0.25) is 4.79 Å². The van der Waals surface area contributed by atoms with Gasteiger partial charge in [0.15, 0.2) is 0 Å². The van der Waals surface area contributed by atoms with E-state index in [0.717, 1.165) is 0 Å². The zero-order valence-corrected chi connectivity index (χ0v) is 12.5. The summed E-state index contributed by atoms with van der Waals surface area (Å²) in [5, 5.41) is 12.4. The number of rotatable bonds is 3. The average molecular weight is 336 g/mol. The van der Waals surface area contributed by atoms with Gasteiger partial charge in [0.2, 0.25) is 11.7 Å². The number of nitriles is 1. The number of hydrogen-bond acceptors (Lipinski definition) is 5. The molecule has 0 aliphatic heterocycles. The van der Waals surface area contributed by atoms with E-state index < -0.39 is 17.5 Å². The second-order valence-corrected chi connectivity index (χ2v) is 5.53. The highest BCUT2D eigenvalue weighted by Gasteiger charge is 2.52. The minimum absolute atomic E-state index is 0.196. The molecule has 1 aromatic heterocycles. The van der Waals surface area contributed by atoms with Crippen LogP contribution in [0.1, 0.15) is 18.7 Å². The predicted molar refractivity (Wildman–Crippen MR) is 75.4 cm³/mol. The van der Waals surface area contributed by atoms with Gasteiger partial charge in [0, 0.05) is 18.3 Å². The Balaban J connectivity index is 1.80. The molecule has 2 aromatic rings. The van der Waals surface area contributed by atoms with Crippen LogP contribution in [0, 0.1) is 16.7 Å². The van der Waals surface area contributed by atoms with Crippen LogP contribution in [0.4, 0.5) is 18.9 Å². The Labute approximate surface area is 134 Å². The summed E-state index contributed by atoms with van der Waals surface area (Å²) in [5.74, 6) is -1.91. The molecular weight excluding hydrogens is 325 g/mol. The van der Waals surface area contributed by atoms with E-state index >= 15 is 0 Å². The summed E-state index contributed by atoms with van der Waals surface area (Å²) in [6, 6.07) is 8.08. The van der Waals surface area contributed by atoms with Crippen LogP contribution in [0.2, 0.25) is 0 Å². The van der Waals surface area contributed by atoms with Gasteiger partial charge in [-0.1, -0.05) is 5.16 Å². The summed E-state index contributed by atoms with van der Waals surface area (Å²) in [4.78, 5) is 16.9. The first-order chi connectivity index (χ1) is 11.3. The van der Waals surface area contributed by atoms with E-state index in [1.807, 2.05) is 6.07 Å². The van der Waals surface area contributed by atoms with Crippen molar-refractivity contribution in [3.63, 3.8) is 0 Å². The molecule has 1 amide bonds. The Kier molecular flexibility index (Phi) is 3.55. The number of carbonyl (C=O) groups excluding carboxylic acids is 1. The smallest absolute Gasteiger partial charge is 0.329 e. The third-order valence-corrected chi connectivity index (χ3v) is 3.86. The Morgan fingerprint density at radius 2 is 1.96 bits per heavy atom. The summed E-state index contributed by atoms with van der Waals surface area (Å²) in [7, 11) is 1.55. The molecule has 1 heterocycles. The lowest BCUT2D eigenvalue weighted by Gasteiger charge is -2.19. The van der Waals surface area contributed by atoms with Gasteiger partial charge in [-0.2, -0.15) is 23.4 Å². The van der Waals surface area contributed by atoms with Crippen molar-refractivity contribution in [2.45, 2.75) is 19.0 Å². The van der Waals surface area contributed by atoms with Gasteiger partial charge in [0.05, 0.1) is 6.07 Å². The van der Waals surface area contributed by atoms with Crippen molar-refractivity contribution >= 4 is 11.6 Å². The number of amides is 1. The first-order valence-corrected chi connectivity index (χ1v) is 6.98. The third kappa shape index (κ3) is 2.71. The number of anilines is 1. The summed E-state index contributed by atoms with van der Waals surface area (Å²) >= 11 is 0. The molecule has 1 saturated carbocycles. The van der Waals surface area contributed by atoms with Crippen LogP contribution < -0.4 is 4.90 Å². The maximum atomic E-state index is 12.5. The van der Waals surface area contributed by atoms with E-state index in [0.29, 0.717) is 24.1 Å². The van der Waals surface area contributed by atoms with E-state index in [1.165, 1.54) is 17.0 Å². The molecule has 6 nitrogen and oxygen atoms in total. The third-order valence-electron chi connectivity index (χ3n) is 3.86. The molecule has 0 atom stereocenters. The number of carbonyl (C=O) groups is 1. The largest absolute Gasteiger partial charge is 0.471 e. The molecule has 124 valence electrons. The Hall–Kier alpha value is -2.89. The standard InChI is InChI=1S/C15H11F3N4O2/c1-22(13(23)14(8-19)6-7-14)10-4-2-9(3-5-10)11-20-12(24-21-11)15(16,17)18/h2-5H,6-7H2,1H3. The first kappa shape index (κ1) is 16.0. The molecule has 0 radical (unpaired) electrons. The van der Waals surface area contributed by atoms with E-state index in [9.17, 15) is 18.0 Å². The number of halogens is 3. The summed E-state index contributed by atoms with van der Waals surface area (Å²) in [6.07, 6.45) is -3.63. The lowest BCUT2D eigenvalue weighted by atomic mass is 10.1. The fourth-order valence-electron chi connectivity index (χ4n) is 2.23. The fraction of sp³-hybridized carbons (Fsp3) is 0.333. The van der Waals surface area contributed by atoms with Crippen molar-refractivity contribution < 1.29 is 22.5 Å². The van der Waals surface area contributed by atoms with Gasteiger partial charge in [-0.25, -0.2) is 0 Å². The topological polar surface area (TPSA) is 83.0 Å². The van der Waals surface area contributed by atoms with E-state index in [-0.39, 0.29) is 11.7 Å². The first-order valence-electron chi connectivity index (χ1n) is 6.98. The lowest BCUT2D eigenvalue weighted by Crippen LogP contribution is -2.33. The quantitative estimate of drug-likeness (QED) is 0.860. The molecule has 3 rings (SSSR count). The normalized spacial score (nSPS) is 15.6. The highest BCUT2D eigenvalue weighted by molar-refractivity contribution is 6.00. The molecule has 0 N–H and O–H groups in total.